The highest BCUT2D eigenvalue weighted by molar-refractivity contribution is 8.77. The standard InChI is InChI=1S/C14H26N2O3S2/c1-5-6-7-8-16-13(17)11-18-9-10-19-14(2,3)21-20-12-15-4/h15H,5,8-12H2,1-4H3,(H,16,17). The Morgan fingerprint density at radius 1 is 1.29 bits per heavy atom. The van der Waals surface area contributed by atoms with Gasteiger partial charge in [-0.15, -0.1) is 5.92 Å². The first-order chi connectivity index (χ1) is 10.0. The fourth-order valence-corrected chi connectivity index (χ4v) is 3.27. The van der Waals surface area contributed by atoms with Crippen LogP contribution in [-0.4, -0.2) is 50.1 Å². The zero-order valence-corrected chi connectivity index (χ0v) is 14.9. The van der Waals surface area contributed by atoms with Gasteiger partial charge in [0, 0.05) is 6.42 Å². The van der Waals surface area contributed by atoms with Crippen LogP contribution in [0.1, 0.15) is 27.2 Å². The number of nitrogens with one attached hydrogen (secondary N) is 2. The SMILES string of the molecule is CCC#CCNC(=O)COCCOC(C)(C)SSCNC. The summed E-state index contributed by atoms with van der Waals surface area (Å²) in [4.78, 5) is 11.1. The van der Waals surface area contributed by atoms with Gasteiger partial charge >= 0.3 is 0 Å². The molecule has 21 heavy (non-hydrogen) atoms. The molecule has 0 spiro atoms. The Kier molecular flexibility index (Phi) is 13.0. The van der Waals surface area contributed by atoms with Crippen molar-refractivity contribution in [1.29, 1.82) is 0 Å². The summed E-state index contributed by atoms with van der Waals surface area (Å²) in [6.07, 6.45) is 0.796. The Bertz CT molecular complexity index is 341. The van der Waals surface area contributed by atoms with E-state index in [-0.39, 0.29) is 17.4 Å². The lowest BCUT2D eigenvalue weighted by atomic mass is 10.4. The first kappa shape index (κ1) is 20.6. The molecule has 7 heteroatoms. The maximum absolute atomic E-state index is 11.4. The molecule has 0 atom stereocenters. The molecule has 0 saturated heterocycles. The van der Waals surface area contributed by atoms with Crippen LogP contribution < -0.4 is 10.6 Å². The van der Waals surface area contributed by atoms with Crippen molar-refractivity contribution in [3.63, 3.8) is 0 Å². The summed E-state index contributed by atoms with van der Waals surface area (Å²) >= 11 is 0. The molecule has 0 aromatic rings. The summed E-state index contributed by atoms with van der Waals surface area (Å²) in [7, 11) is 5.28. The highest BCUT2D eigenvalue weighted by Crippen LogP contribution is 2.35. The number of amides is 1. The summed E-state index contributed by atoms with van der Waals surface area (Å²) in [5, 5.41) is 5.73. The lowest BCUT2D eigenvalue weighted by Crippen LogP contribution is -2.29. The van der Waals surface area contributed by atoms with Gasteiger partial charge in [0.15, 0.2) is 0 Å². The van der Waals surface area contributed by atoms with E-state index < -0.39 is 0 Å². The summed E-state index contributed by atoms with van der Waals surface area (Å²) in [6, 6.07) is 0. The fraction of sp³-hybridized carbons (Fsp3) is 0.786. The molecule has 0 aromatic carbocycles. The van der Waals surface area contributed by atoms with Gasteiger partial charge in [0.1, 0.15) is 11.5 Å². The molecule has 0 unspecified atom stereocenters. The van der Waals surface area contributed by atoms with Gasteiger partial charge in [0.25, 0.3) is 0 Å². The van der Waals surface area contributed by atoms with Crippen LogP contribution in [-0.2, 0) is 14.3 Å². The Morgan fingerprint density at radius 2 is 2.05 bits per heavy atom. The highest BCUT2D eigenvalue weighted by Gasteiger charge is 2.19. The van der Waals surface area contributed by atoms with E-state index in [2.05, 4.69) is 22.5 Å². The van der Waals surface area contributed by atoms with Crippen molar-refractivity contribution >= 4 is 27.5 Å². The van der Waals surface area contributed by atoms with Gasteiger partial charge in [0.05, 0.1) is 25.6 Å². The average molecular weight is 335 g/mol. The molecular formula is C14H26N2O3S2. The first-order valence-corrected chi connectivity index (χ1v) is 9.23. The van der Waals surface area contributed by atoms with E-state index in [4.69, 9.17) is 9.47 Å². The van der Waals surface area contributed by atoms with Gasteiger partial charge < -0.3 is 20.1 Å². The van der Waals surface area contributed by atoms with Crippen molar-refractivity contribution in [1.82, 2.24) is 10.6 Å². The van der Waals surface area contributed by atoms with Gasteiger partial charge in [-0.3, -0.25) is 4.79 Å². The predicted molar refractivity (Wildman–Crippen MR) is 91.0 cm³/mol. The molecule has 0 rings (SSSR count). The average Bonchev–Trinajstić information content (AvgIpc) is 2.43. The van der Waals surface area contributed by atoms with E-state index >= 15 is 0 Å². The van der Waals surface area contributed by atoms with E-state index in [1.807, 2.05) is 27.8 Å². The molecule has 2 N–H and O–H groups in total. The third-order valence-corrected chi connectivity index (χ3v) is 5.00. The normalized spacial score (nSPS) is 10.9. The summed E-state index contributed by atoms with van der Waals surface area (Å²) in [6.45, 7) is 7.27. The molecule has 0 aromatic heterocycles. The Balaban J connectivity index is 3.55. The summed E-state index contributed by atoms with van der Waals surface area (Å²) in [5.74, 6) is 6.44. The molecule has 0 aliphatic rings. The zero-order chi connectivity index (χ0) is 16.0. The van der Waals surface area contributed by atoms with Gasteiger partial charge in [-0.25, -0.2) is 0 Å². The van der Waals surface area contributed by atoms with Crippen LogP contribution in [0, 0.1) is 11.8 Å². The third-order valence-electron chi connectivity index (χ3n) is 2.05. The smallest absolute Gasteiger partial charge is 0.246 e. The summed E-state index contributed by atoms with van der Waals surface area (Å²) in [5.41, 5.74) is 0. The second kappa shape index (κ2) is 13.3. The van der Waals surface area contributed by atoms with Crippen molar-refractivity contribution in [3.8, 4) is 11.8 Å². The molecular weight excluding hydrogens is 308 g/mol. The van der Waals surface area contributed by atoms with Gasteiger partial charge in [-0.05, 0) is 20.9 Å². The van der Waals surface area contributed by atoms with Crippen LogP contribution >= 0.6 is 21.6 Å². The van der Waals surface area contributed by atoms with E-state index in [1.54, 1.807) is 21.6 Å². The molecule has 0 bridgehead atoms. The lowest BCUT2D eigenvalue weighted by molar-refractivity contribution is -0.126. The maximum atomic E-state index is 11.4. The number of hydrogen-bond acceptors (Lipinski definition) is 6. The minimum Gasteiger partial charge on any atom is -0.369 e. The minimum atomic E-state index is -0.275. The molecule has 0 heterocycles. The monoisotopic (exact) mass is 334 g/mol. The summed E-state index contributed by atoms with van der Waals surface area (Å²) < 4.78 is 11.0. The van der Waals surface area contributed by atoms with Gasteiger partial charge in [-0.2, -0.15) is 0 Å². The zero-order valence-electron chi connectivity index (χ0n) is 13.3. The quantitative estimate of drug-likeness (QED) is 0.260. The molecule has 1 amide bonds. The second-order valence-corrected chi connectivity index (χ2v) is 7.37. The van der Waals surface area contributed by atoms with Gasteiger partial charge in [-0.1, -0.05) is 34.4 Å². The van der Waals surface area contributed by atoms with Crippen LogP contribution in [0.15, 0.2) is 0 Å². The van der Waals surface area contributed by atoms with E-state index in [1.165, 1.54) is 0 Å². The van der Waals surface area contributed by atoms with Crippen LogP contribution in [0.2, 0.25) is 0 Å². The lowest BCUT2D eigenvalue weighted by Gasteiger charge is -2.23. The molecule has 5 nitrogen and oxygen atoms in total. The molecule has 0 fully saturated rings. The Hall–Kier alpha value is -0.390. The Labute approximate surface area is 136 Å². The van der Waals surface area contributed by atoms with Crippen LogP contribution in [0.3, 0.4) is 0 Å². The topological polar surface area (TPSA) is 59.6 Å². The van der Waals surface area contributed by atoms with Gasteiger partial charge in [0.2, 0.25) is 5.91 Å². The molecule has 0 saturated carbocycles. The van der Waals surface area contributed by atoms with Crippen LogP contribution in [0.5, 0.6) is 0 Å². The largest absolute Gasteiger partial charge is 0.369 e. The Morgan fingerprint density at radius 3 is 2.71 bits per heavy atom. The van der Waals surface area contributed by atoms with E-state index in [9.17, 15) is 4.79 Å². The van der Waals surface area contributed by atoms with Crippen molar-refractivity contribution in [2.45, 2.75) is 32.1 Å². The molecule has 122 valence electrons. The number of hydrogen-bond donors (Lipinski definition) is 2. The molecule has 0 radical (unpaired) electrons. The van der Waals surface area contributed by atoms with Crippen molar-refractivity contribution in [3.05, 3.63) is 0 Å². The number of carbonyl (C=O) groups excluding carboxylic acids is 1. The number of ether oxygens (including phenoxy) is 2. The number of rotatable bonds is 11. The third kappa shape index (κ3) is 14.3. The van der Waals surface area contributed by atoms with Crippen molar-refractivity contribution < 1.29 is 14.3 Å². The minimum absolute atomic E-state index is 0.0409. The number of carbonyl (C=O) groups is 1. The second-order valence-electron chi connectivity index (χ2n) is 4.48. The van der Waals surface area contributed by atoms with Crippen molar-refractivity contribution in [2.75, 3.05) is 39.3 Å². The van der Waals surface area contributed by atoms with Crippen LogP contribution in [0.25, 0.3) is 0 Å². The maximum Gasteiger partial charge on any atom is 0.246 e. The van der Waals surface area contributed by atoms with E-state index in [0.29, 0.717) is 19.8 Å². The highest BCUT2D eigenvalue weighted by atomic mass is 33.1. The van der Waals surface area contributed by atoms with Crippen LogP contribution in [0.4, 0.5) is 0 Å². The van der Waals surface area contributed by atoms with E-state index in [0.717, 1.165) is 12.3 Å². The fourth-order valence-electron chi connectivity index (χ4n) is 1.15. The van der Waals surface area contributed by atoms with Crippen molar-refractivity contribution in [2.24, 2.45) is 0 Å². The molecule has 0 aliphatic carbocycles. The molecule has 0 aliphatic heterocycles. The predicted octanol–water partition coefficient (Wildman–Crippen LogP) is 1.84. The first-order valence-electron chi connectivity index (χ1n) is 6.91.